The first-order valence-corrected chi connectivity index (χ1v) is 11.5. The topological polar surface area (TPSA) is 222 Å². The first-order valence-electron chi connectivity index (χ1n) is 10.9. The molecule has 0 radical (unpaired) electrons. The molecule has 1 aromatic carbocycles. The maximum absolute atomic E-state index is 12.8. The number of carboxylic acids is 1. The molecule has 36 heavy (non-hydrogen) atoms. The highest BCUT2D eigenvalue weighted by Crippen LogP contribution is 2.04. The normalized spacial score (nSPS) is 14.1. The Morgan fingerprint density at radius 3 is 2.11 bits per heavy atom. The van der Waals surface area contributed by atoms with E-state index in [4.69, 9.17) is 11.5 Å². The number of aromatic nitrogens is 2. The minimum atomic E-state index is -1.41. The molecule has 0 saturated heterocycles. The van der Waals surface area contributed by atoms with Gasteiger partial charge in [0.2, 0.25) is 23.6 Å². The number of H-pyrrole nitrogens is 1. The highest BCUT2D eigenvalue weighted by Gasteiger charge is 2.30. The second kappa shape index (κ2) is 13.8. The molecule has 1 aromatic heterocycles. The van der Waals surface area contributed by atoms with Crippen molar-refractivity contribution in [1.82, 2.24) is 25.9 Å². The molecule has 4 unspecified atom stereocenters. The van der Waals surface area contributed by atoms with Gasteiger partial charge in [-0.1, -0.05) is 30.3 Å². The molecular formula is C22H29N7O6S. The first kappa shape index (κ1) is 28.3. The zero-order valence-electron chi connectivity index (χ0n) is 19.2. The molecule has 4 atom stereocenters. The lowest BCUT2D eigenvalue weighted by molar-refractivity contribution is -0.142. The summed E-state index contributed by atoms with van der Waals surface area (Å²) in [6.07, 6.45) is 2.35. The van der Waals surface area contributed by atoms with E-state index in [1.807, 2.05) is 6.07 Å². The van der Waals surface area contributed by atoms with Crippen LogP contribution in [-0.2, 0) is 36.8 Å². The van der Waals surface area contributed by atoms with Gasteiger partial charge in [0.15, 0.2) is 0 Å². The van der Waals surface area contributed by atoms with E-state index in [1.165, 1.54) is 12.5 Å². The van der Waals surface area contributed by atoms with Gasteiger partial charge in [-0.25, -0.2) is 9.78 Å². The van der Waals surface area contributed by atoms with Gasteiger partial charge in [0, 0.05) is 24.1 Å². The number of aromatic amines is 1. The summed E-state index contributed by atoms with van der Waals surface area (Å²) < 4.78 is 0. The van der Waals surface area contributed by atoms with Crippen LogP contribution in [0.15, 0.2) is 42.9 Å². The number of carbonyl (C=O) groups is 5. The van der Waals surface area contributed by atoms with Crippen LogP contribution in [0.25, 0.3) is 0 Å². The number of primary amides is 1. The zero-order valence-corrected chi connectivity index (χ0v) is 20.1. The van der Waals surface area contributed by atoms with Crippen LogP contribution in [0.5, 0.6) is 0 Å². The predicted molar refractivity (Wildman–Crippen MR) is 132 cm³/mol. The summed E-state index contributed by atoms with van der Waals surface area (Å²) in [5, 5.41) is 16.5. The van der Waals surface area contributed by atoms with Crippen LogP contribution in [0.2, 0.25) is 0 Å². The molecule has 13 nitrogen and oxygen atoms in total. The SMILES string of the molecule is NC(=O)CC(NC(=O)C(N)Cc1ccccc1)C(=O)NC(CS)C(=O)NC(Cc1cnc[nH]1)C(=O)O. The van der Waals surface area contributed by atoms with E-state index in [9.17, 15) is 29.1 Å². The van der Waals surface area contributed by atoms with Gasteiger partial charge in [-0.2, -0.15) is 12.6 Å². The van der Waals surface area contributed by atoms with E-state index in [1.54, 1.807) is 24.3 Å². The van der Waals surface area contributed by atoms with E-state index >= 15 is 0 Å². The van der Waals surface area contributed by atoms with Gasteiger partial charge < -0.3 is 37.5 Å². The van der Waals surface area contributed by atoms with Crippen LogP contribution in [-0.4, -0.2) is 74.6 Å². The van der Waals surface area contributed by atoms with Crippen molar-refractivity contribution in [2.45, 2.75) is 43.4 Å². The standard InChI is InChI=1S/C22H29N7O6S/c23-14(6-12-4-2-1-3-5-12)19(31)27-15(8-18(24)30)20(32)29-17(10-36)21(33)28-16(22(34)35)7-13-9-25-11-26-13/h1-5,9,11,14-17,36H,6-8,10,23H2,(H2,24,30)(H,25,26)(H,27,31)(H,28,33)(H,29,32)(H,34,35). The third-order valence-corrected chi connectivity index (χ3v) is 5.45. The number of hydrogen-bond donors (Lipinski definition) is 8. The van der Waals surface area contributed by atoms with Gasteiger partial charge in [-0.3, -0.25) is 19.2 Å². The van der Waals surface area contributed by atoms with Gasteiger partial charge in [0.05, 0.1) is 18.8 Å². The van der Waals surface area contributed by atoms with Crippen LogP contribution in [0.4, 0.5) is 0 Å². The van der Waals surface area contributed by atoms with E-state index in [-0.39, 0.29) is 18.6 Å². The average Bonchev–Trinajstić information content (AvgIpc) is 3.34. The molecule has 0 aliphatic rings. The van der Waals surface area contributed by atoms with Crippen molar-refractivity contribution in [2.75, 3.05) is 5.75 Å². The van der Waals surface area contributed by atoms with Crippen molar-refractivity contribution in [3.63, 3.8) is 0 Å². The maximum Gasteiger partial charge on any atom is 0.326 e. The molecule has 1 heterocycles. The van der Waals surface area contributed by atoms with Crippen LogP contribution in [0.3, 0.4) is 0 Å². The average molecular weight is 520 g/mol. The molecule has 0 saturated carbocycles. The van der Waals surface area contributed by atoms with Crippen molar-refractivity contribution in [1.29, 1.82) is 0 Å². The van der Waals surface area contributed by atoms with Crippen LogP contribution < -0.4 is 27.4 Å². The molecule has 0 aliphatic heterocycles. The van der Waals surface area contributed by atoms with Crippen LogP contribution >= 0.6 is 12.6 Å². The Bertz CT molecular complexity index is 1050. The summed E-state index contributed by atoms with van der Waals surface area (Å²) in [6, 6.07) is 3.95. The molecule has 14 heteroatoms. The highest BCUT2D eigenvalue weighted by atomic mass is 32.1. The Hall–Kier alpha value is -3.91. The van der Waals surface area contributed by atoms with Crippen LogP contribution in [0.1, 0.15) is 17.7 Å². The largest absolute Gasteiger partial charge is 0.480 e. The zero-order chi connectivity index (χ0) is 26.7. The van der Waals surface area contributed by atoms with Gasteiger partial charge in [0.25, 0.3) is 0 Å². The number of amides is 4. The quantitative estimate of drug-likeness (QED) is 0.128. The molecule has 0 aliphatic carbocycles. The molecule has 9 N–H and O–H groups in total. The van der Waals surface area contributed by atoms with E-state index in [0.29, 0.717) is 5.69 Å². The third-order valence-electron chi connectivity index (χ3n) is 5.08. The van der Waals surface area contributed by atoms with Crippen molar-refractivity contribution in [3.8, 4) is 0 Å². The fourth-order valence-corrected chi connectivity index (χ4v) is 3.46. The number of hydrogen-bond acceptors (Lipinski definition) is 8. The van der Waals surface area contributed by atoms with Crippen molar-refractivity contribution in [2.24, 2.45) is 11.5 Å². The molecule has 0 fully saturated rings. The number of aliphatic carboxylic acids is 1. The summed E-state index contributed by atoms with van der Waals surface area (Å²) in [4.78, 5) is 67.7. The lowest BCUT2D eigenvalue weighted by Gasteiger charge is -2.24. The fraction of sp³-hybridized carbons (Fsp3) is 0.364. The number of carboxylic acid groups (broad SMARTS) is 1. The number of carbonyl (C=O) groups excluding carboxylic acids is 4. The Morgan fingerprint density at radius 2 is 1.56 bits per heavy atom. The summed E-state index contributed by atoms with van der Waals surface area (Å²) in [5.74, 6) is -4.77. The van der Waals surface area contributed by atoms with Gasteiger partial charge in [-0.15, -0.1) is 0 Å². The number of benzene rings is 1. The van der Waals surface area contributed by atoms with E-state index in [0.717, 1.165) is 5.56 Å². The second-order valence-electron chi connectivity index (χ2n) is 7.95. The molecular weight excluding hydrogens is 490 g/mol. The monoisotopic (exact) mass is 519 g/mol. The minimum absolute atomic E-state index is 0.0754. The van der Waals surface area contributed by atoms with Gasteiger partial charge in [0.1, 0.15) is 18.1 Å². The molecule has 0 spiro atoms. The van der Waals surface area contributed by atoms with Crippen molar-refractivity contribution < 1.29 is 29.1 Å². The van der Waals surface area contributed by atoms with E-state index in [2.05, 4.69) is 38.5 Å². The number of nitrogens with zero attached hydrogens (tertiary/aromatic N) is 1. The number of imidazole rings is 1. The molecule has 0 bridgehead atoms. The molecule has 2 rings (SSSR count). The summed E-state index contributed by atoms with van der Waals surface area (Å²) in [7, 11) is 0. The number of thiol groups is 1. The Labute approximate surface area is 212 Å². The maximum atomic E-state index is 12.8. The Morgan fingerprint density at radius 1 is 0.944 bits per heavy atom. The van der Waals surface area contributed by atoms with Crippen LogP contribution in [0, 0.1) is 0 Å². The molecule has 2 aromatic rings. The lowest BCUT2D eigenvalue weighted by atomic mass is 10.0. The smallest absolute Gasteiger partial charge is 0.326 e. The lowest BCUT2D eigenvalue weighted by Crippen LogP contribution is -2.58. The Balaban J connectivity index is 2.03. The summed E-state index contributed by atoms with van der Waals surface area (Å²) in [5.41, 5.74) is 12.4. The summed E-state index contributed by atoms with van der Waals surface area (Å²) in [6.45, 7) is 0. The molecule has 194 valence electrons. The first-order chi connectivity index (χ1) is 17.1. The van der Waals surface area contributed by atoms with E-state index < -0.39 is 60.2 Å². The predicted octanol–water partition coefficient (Wildman–Crippen LogP) is -2.13. The third kappa shape index (κ3) is 9.03. The number of nitrogens with two attached hydrogens (primary N) is 2. The summed E-state index contributed by atoms with van der Waals surface area (Å²) >= 11 is 4.05. The molecule has 4 amide bonds. The Kier molecular flexibility index (Phi) is 10.9. The number of rotatable bonds is 14. The number of nitrogens with one attached hydrogen (secondary N) is 4. The minimum Gasteiger partial charge on any atom is -0.480 e. The highest BCUT2D eigenvalue weighted by molar-refractivity contribution is 7.80. The van der Waals surface area contributed by atoms with Crippen molar-refractivity contribution >= 4 is 42.2 Å². The fourth-order valence-electron chi connectivity index (χ4n) is 3.20. The van der Waals surface area contributed by atoms with Gasteiger partial charge >= 0.3 is 5.97 Å². The second-order valence-corrected chi connectivity index (χ2v) is 8.32. The van der Waals surface area contributed by atoms with Crippen molar-refractivity contribution in [3.05, 3.63) is 54.1 Å². The van der Waals surface area contributed by atoms with Gasteiger partial charge in [-0.05, 0) is 12.0 Å².